The highest BCUT2D eigenvalue weighted by Gasteiger charge is 2.20. The van der Waals surface area contributed by atoms with Crippen molar-refractivity contribution < 1.29 is 9.53 Å². The molecule has 1 aromatic rings. The lowest BCUT2D eigenvalue weighted by molar-refractivity contribution is -0.116. The van der Waals surface area contributed by atoms with Crippen LogP contribution in [0, 0.1) is 5.92 Å². The minimum Gasteiger partial charge on any atom is -0.381 e. The third-order valence-corrected chi connectivity index (χ3v) is 3.70. The third-order valence-electron chi connectivity index (χ3n) is 3.70. The number of amides is 1. The molecule has 1 aliphatic carbocycles. The van der Waals surface area contributed by atoms with Gasteiger partial charge in [-0.25, -0.2) is 4.79 Å². The maximum atomic E-state index is 11.9. The zero-order valence-corrected chi connectivity index (χ0v) is 13.6. The molecule has 0 saturated heterocycles. The van der Waals surface area contributed by atoms with Gasteiger partial charge in [-0.05, 0) is 31.3 Å². The van der Waals surface area contributed by atoms with Crippen LogP contribution in [-0.4, -0.2) is 34.8 Å². The Bertz CT molecular complexity index is 698. The molecule has 7 heteroatoms. The Morgan fingerprint density at radius 1 is 1.39 bits per heavy atom. The number of aromatic nitrogens is 2. The molecule has 1 heterocycles. The molecule has 1 N–H and O–H groups in total. The molecule has 0 aliphatic heterocycles. The molecule has 1 saturated carbocycles. The second-order valence-corrected chi connectivity index (χ2v) is 5.84. The minimum absolute atomic E-state index is 0.275. The molecule has 1 fully saturated rings. The monoisotopic (exact) mass is 321 g/mol. The lowest BCUT2D eigenvalue weighted by Crippen LogP contribution is -2.37. The number of carbonyl (C=O) groups excluding carboxylic acids is 1. The van der Waals surface area contributed by atoms with Crippen molar-refractivity contribution in [1.29, 1.82) is 0 Å². The van der Waals surface area contributed by atoms with E-state index in [4.69, 9.17) is 4.74 Å². The zero-order valence-electron chi connectivity index (χ0n) is 13.6. The van der Waals surface area contributed by atoms with E-state index in [1.807, 2.05) is 0 Å². The van der Waals surface area contributed by atoms with Gasteiger partial charge in [0.1, 0.15) is 0 Å². The second-order valence-electron chi connectivity index (χ2n) is 5.84. The van der Waals surface area contributed by atoms with E-state index in [0.29, 0.717) is 13.2 Å². The van der Waals surface area contributed by atoms with Gasteiger partial charge < -0.3 is 14.6 Å². The van der Waals surface area contributed by atoms with Gasteiger partial charge in [-0.15, -0.1) is 0 Å². The molecular formula is C16H23N3O4. The fourth-order valence-electron chi connectivity index (χ4n) is 2.10. The fourth-order valence-corrected chi connectivity index (χ4v) is 2.10. The Morgan fingerprint density at radius 2 is 2.13 bits per heavy atom. The molecular weight excluding hydrogens is 298 g/mol. The normalized spacial score (nSPS) is 14.3. The van der Waals surface area contributed by atoms with Crippen LogP contribution in [0.3, 0.4) is 0 Å². The molecule has 1 amide bonds. The second kappa shape index (κ2) is 7.92. The summed E-state index contributed by atoms with van der Waals surface area (Å²) in [5.41, 5.74) is -0.536. The average Bonchev–Trinajstić information content (AvgIpc) is 3.35. The summed E-state index contributed by atoms with van der Waals surface area (Å²) in [6.07, 6.45) is 7.43. The Balaban J connectivity index is 1.77. The van der Waals surface area contributed by atoms with E-state index < -0.39 is 11.2 Å². The summed E-state index contributed by atoms with van der Waals surface area (Å²) in [6.45, 7) is 1.99. The number of nitrogens with one attached hydrogen (secondary N) is 1. The quantitative estimate of drug-likeness (QED) is 0.541. The third kappa shape index (κ3) is 5.21. The van der Waals surface area contributed by atoms with E-state index in [-0.39, 0.29) is 11.5 Å². The van der Waals surface area contributed by atoms with Gasteiger partial charge in [-0.2, -0.15) is 0 Å². The van der Waals surface area contributed by atoms with Gasteiger partial charge in [0, 0.05) is 46.1 Å². The van der Waals surface area contributed by atoms with E-state index in [1.54, 1.807) is 7.05 Å². The van der Waals surface area contributed by atoms with E-state index in [0.717, 1.165) is 23.5 Å². The van der Waals surface area contributed by atoms with Gasteiger partial charge in [0.25, 0.3) is 5.56 Å². The molecule has 0 atom stereocenters. The highest BCUT2D eigenvalue weighted by Crippen LogP contribution is 2.28. The van der Waals surface area contributed by atoms with Crippen LogP contribution in [0.15, 0.2) is 21.9 Å². The van der Waals surface area contributed by atoms with Crippen molar-refractivity contribution in [2.45, 2.75) is 19.3 Å². The van der Waals surface area contributed by atoms with Gasteiger partial charge in [0.15, 0.2) is 0 Å². The van der Waals surface area contributed by atoms with Gasteiger partial charge >= 0.3 is 5.69 Å². The molecule has 126 valence electrons. The molecule has 0 radical (unpaired) electrons. The molecule has 0 aromatic carbocycles. The van der Waals surface area contributed by atoms with Gasteiger partial charge in [0.05, 0.1) is 5.56 Å². The molecule has 0 unspecified atom stereocenters. The Kier molecular flexibility index (Phi) is 5.92. The molecule has 0 spiro atoms. The van der Waals surface area contributed by atoms with Crippen molar-refractivity contribution in [3.8, 4) is 0 Å². The number of hydrogen-bond acceptors (Lipinski definition) is 4. The van der Waals surface area contributed by atoms with E-state index in [9.17, 15) is 14.4 Å². The standard InChI is InChI=1S/C16H23N3O4/c1-18-10-13(15(21)19(2)16(18)22)6-7-14(20)17-8-3-9-23-11-12-4-5-12/h6-7,10,12H,3-5,8-9,11H2,1-2H3,(H,17,20)/b7-6+. The van der Waals surface area contributed by atoms with Crippen LogP contribution in [0.1, 0.15) is 24.8 Å². The molecule has 7 nitrogen and oxygen atoms in total. The lowest BCUT2D eigenvalue weighted by Gasteiger charge is -2.04. The van der Waals surface area contributed by atoms with Crippen molar-refractivity contribution in [2.24, 2.45) is 20.0 Å². The largest absolute Gasteiger partial charge is 0.381 e. The van der Waals surface area contributed by atoms with Crippen molar-refractivity contribution in [3.05, 3.63) is 38.7 Å². The topological polar surface area (TPSA) is 82.3 Å². The van der Waals surface area contributed by atoms with Crippen molar-refractivity contribution in [1.82, 2.24) is 14.5 Å². The fraction of sp³-hybridized carbons (Fsp3) is 0.562. The number of nitrogens with zero attached hydrogens (tertiary/aromatic N) is 2. The number of rotatable bonds is 8. The number of carbonyl (C=O) groups is 1. The first-order valence-corrected chi connectivity index (χ1v) is 7.79. The maximum Gasteiger partial charge on any atom is 0.330 e. The average molecular weight is 321 g/mol. The minimum atomic E-state index is -0.425. The summed E-state index contributed by atoms with van der Waals surface area (Å²) in [6, 6.07) is 0. The Hall–Kier alpha value is -2.15. The zero-order chi connectivity index (χ0) is 16.8. The molecule has 0 bridgehead atoms. The van der Waals surface area contributed by atoms with Crippen LogP contribution in [-0.2, 0) is 23.6 Å². The van der Waals surface area contributed by atoms with Crippen molar-refractivity contribution >= 4 is 12.0 Å². The predicted molar refractivity (Wildman–Crippen MR) is 87.1 cm³/mol. The molecule has 1 aromatic heterocycles. The Labute approximate surface area is 134 Å². The van der Waals surface area contributed by atoms with Crippen molar-refractivity contribution in [3.63, 3.8) is 0 Å². The highest BCUT2D eigenvalue weighted by atomic mass is 16.5. The first-order valence-electron chi connectivity index (χ1n) is 7.79. The number of aryl methyl sites for hydroxylation is 1. The van der Waals surface area contributed by atoms with Crippen LogP contribution in [0.25, 0.3) is 6.08 Å². The summed E-state index contributed by atoms with van der Waals surface area (Å²) in [7, 11) is 2.96. The van der Waals surface area contributed by atoms with Gasteiger partial charge in [0.2, 0.25) is 5.91 Å². The molecule has 2 rings (SSSR count). The number of hydrogen-bond donors (Lipinski definition) is 1. The lowest BCUT2D eigenvalue weighted by atomic mass is 10.3. The van der Waals surface area contributed by atoms with Crippen LogP contribution >= 0.6 is 0 Å². The van der Waals surface area contributed by atoms with Crippen LogP contribution in [0.2, 0.25) is 0 Å². The molecule has 23 heavy (non-hydrogen) atoms. The van der Waals surface area contributed by atoms with E-state index in [2.05, 4.69) is 5.32 Å². The maximum absolute atomic E-state index is 11.9. The van der Waals surface area contributed by atoms with Crippen molar-refractivity contribution in [2.75, 3.05) is 19.8 Å². The SMILES string of the molecule is Cn1cc(/C=C/C(=O)NCCCOCC2CC2)c(=O)n(C)c1=O. The summed E-state index contributed by atoms with van der Waals surface area (Å²) < 4.78 is 7.79. The summed E-state index contributed by atoms with van der Waals surface area (Å²) in [5.74, 6) is 0.472. The summed E-state index contributed by atoms with van der Waals surface area (Å²) in [4.78, 5) is 35.2. The van der Waals surface area contributed by atoms with Gasteiger partial charge in [-0.3, -0.25) is 14.2 Å². The van der Waals surface area contributed by atoms with E-state index in [1.165, 1.54) is 42.8 Å². The van der Waals surface area contributed by atoms with Crippen LogP contribution in [0.5, 0.6) is 0 Å². The summed E-state index contributed by atoms with van der Waals surface area (Å²) in [5, 5.41) is 2.73. The van der Waals surface area contributed by atoms with Gasteiger partial charge in [-0.1, -0.05) is 0 Å². The summed E-state index contributed by atoms with van der Waals surface area (Å²) >= 11 is 0. The van der Waals surface area contributed by atoms with Crippen LogP contribution in [0.4, 0.5) is 0 Å². The number of ether oxygens (including phenoxy) is 1. The van der Waals surface area contributed by atoms with E-state index >= 15 is 0 Å². The predicted octanol–water partition coefficient (Wildman–Crippen LogP) is 0.0301. The van der Waals surface area contributed by atoms with Crippen LogP contribution < -0.4 is 16.6 Å². The smallest absolute Gasteiger partial charge is 0.330 e. The first kappa shape index (κ1) is 17.2. The highest BCUT2D eigenvalue weighted by molar-refractivity contribution is 5.91. The molecule has 1 aliphatic rings. The first-order chi connectivity index (χ1) is 11.0. The Morgan fingerprint density at radius 3 is 2.83 bits per heavy atom.